The molecule has 0 amide bonds. The predicted molar refractivity (Wildman–Crippen MR) is 95.9 cm³/mol. The fourth-order valence-corrected chi connectivity index (χ4v) is 3.69. The van der Waals surface area contributed by atoms with Crippen LogP contribution in [0.2, 0.25) is 0 Å². The SMILES string of the molecule is CCCN(CCC)c1ncc(S(=O)(=O)c2ccc(C)cc2)c(N)n1. The number of hydrogen-bond donors (Lipinski definition) is 1. The Balaban J connectivity index is 2.40. The van der Waals surface area contributed by atoms with Crippen molar-refractivity contribution in [2.24, 2.45) is 0 Å². The van der Waals surface area contributed by atoms with Crippen molar-refractivity contribution in [1.82, 2.24) is 9.97 Å². The molecule has 1 aromatic heterocycles. The Morgan fingerprint density at radius 1 is 1.08 bits per heavy atom. The monoisotopic (exact) mass is 348 g/mol. The lowest BCUT2D eigenvalue weighted by atomic mass is 10.2. The van der Waals surface area contributed by atoms with E-state index >= 15 is 0 Å². The summed E-state index contributed by atoms with van der Waals surface area (Å²) < 4.78 is 25.4. The van der Waals surface area contributed by atoms with Crippen molar-refractivity contribution in [2.75, 3.05) is 23.7 Å². The van der Waals surface area contributed by atoms with Gasteiger partial charge in [0.2, 0.25) is 15.8 Å². The predicted octanol–water partition coefficient (Wildman–Crippen LogP) is 2.83. The van der Waals surface area contributed by atoms with E-state index in [0.29, 0.717) is 5.95 Å². The van der Waals surface area contributed by atoms with Crippen molar-refractivity contribution in [2.45, 2.75) is 43.4 Å². The molecular weight excluding hydrogens is 324 g/mol. The van der Waals surface area contributed by atoms with E-state index in [-0.39, 0.29) is 15.6 Å². The van der Waals surface area contributed by atoms with Gasteiger partial charge >= 0.3 is 0 Å². The van der Waals surface area contributed by atoms with E-state index in [1.807, 2.05) is 11.8 Å². The average Bonchev–Trinajstić information content (AvgIpc) is 2.54. The van der Waals surface area contributed by atoms with Gasteiger partial charge in [-0.1, -0.05) is 31.5 Å². The zero-order valence-electron chi connectivity index (χ0n) is 14.4. The zero-order valence-corrected chi connectivity index (χ0v) is 15.2. The molecule has 0 fully saturated rings. The molecule has 0 aliphatic carbocycles. The number of nitrogens with two attached hydrogens (primary N) is 1. The summed E-state index contributed by atoms with van der Waals surface area (Å²) in [6.45, 7) is 7.65. The molecule has 1 aromatic carbocycles. The molecule has 1 heterocycles. The normalized spacial score (nSPS) is 11.5. The molecule has 0 bridgehead atoms. The first-order valence-corrected chi connectivity index (χ1v) is 9.57. The summed E-state index contributed by atoms with van der Waals surface area (Å²) in [6.07, 6.45) is 3.21. The molecule has 2 rings (SSSR count). The molecule has 0 atom stereocenters. The molecule has 24 heavy (non-hydrogen) atoms. The van der Waals surface area contributed by atoms with Gasteiger partial charge in [-0.15, -0.1) is 0 Å². The van der Waals surface area contributed by atoms with Gasteiger partial charge in [0.25, 0.3) is 0 Å². The number of sulfone groups is 1. The Labute approximate surface area is 143 Å². The van der Waals surface area contributed by atoms with E-state index in [1.54, 1.807) is 24.3 Å². The number of aryl methyl sites for hydroxylation is 1. The van der Waals surface area contributed by atoms with E-state index in [1.165, 1.54) is 6.20 Å². The van der Waals surface area contributed by atoms with E-state index in [2.05, 4.69) is 23.8 Å². The van der Waals surface area contributed by atoms with Crippen molar-refractivity contribution in [3.63, 3.8) is 0 Å². The maximum absolute atomic E-state index is 12.7. The van der Waals surface area contributed by atoms with Crippen LogP contribution in [0.3, 0.4) is 0 Å². The maximum Gasteiger partial charge on any atom is 0.227 e. The highest BCUT2D eigenvalue weighted by molar-refractivity contribution is 7.91. The van der Waals surface area contributed by atoms with Crippen molar-refractivity contribution in [3.8, 4) is 0 Å². The Bertz CT molecular complexity index is 783. The third-order valence-corrected chi connectivity index (χ3v) is 5.45. The molecule has 0 radical (unpaired) electrons. The van der Waals surface area contributed by atoms with E-state index < -0.39 is 9.84 Å². The van der Waals surface area contributed by atoms with Crippen LogP contribution in [0.5, 0.6) is 0 Å². The standard InChI is InChI=1S/C17H24N4O2S/c1-4-10-21(11-5-2)17-19-12-15(16(18)20-17)24(22,23)14-8-6-13(3)7-9-14/h6-9,12H,4-5,10-11H2,1-3H3,(H2,18,19,20). The Morgan fingerprint density at radius 2 is 1.67 bits per heavy atom. The number of anilines is 2. The van der Waals surface area contributed by atoms with Gasteiger partial charge in [0, 0.05) is 13.1 Å². The highest BCUT2D eigenvalue weighted by atomic mass is 32.2. The highest BCUT2D eigenvalue weighted by Gasteiger charge is 2.23. The van der Waals surface area contributed by atoms with E-state index in [0.717, 1.165) is 31.5 Å². The van der Waals surface area contributed by atoms with Gasteiger partial charge in [-0.25, -0.2) is 13.4 Å². The van der Waals surface area contributed by atoms with Gasteiger partial charge in [0.15, 0.2) is 0 Å². The molecule has 6 nitrogen and oxygen atoms in total. The molecule has 0 aliphatic rings. The van der Waals surface area contributed by atoms with Crippen LogP contribution in [0, 0.1) is 6.92 Å². The summed E-state index contributed by atoms with van der Waals surface area (Å²) in [4.78, 5) is 10.6. The number of benzene rings is 1. The van der Waals surface area contributed by atoms with Gasteiger partial charge in [-0.3, -0.25) is 0 Å². The Kier molecular flexibility index (Phi) is 5.77. The quantitative estimate of drug-likeness (QED) is 0.827. The minimum Gasteiger partial charge on any atom is -0.382 e. The summed E-state index contributed by atoms with van der Waals surface area (Å²) in [5.74, 6) is 0.455. The van der Waals surface area contributed by atoms with Crippen LogP contribution >= 0.6 is 0 Å². The molecule has 7 heteroatoms. The number of nitrogen functional groups attached to an aromatic ring is 1. The summed E-state index contributed by atoms with van der Waals surface area (Å²) in [5, 5.41) is 0. The van der Waals surface area contributed by atoms with Crippen LogP contribution in [0.25, 0.3) is 0 Å². The summed E-state index contributed by atoms with van der Waals surface area (Å²) in [6, 6.07) is 6.64. The first-order valence-electron chi connectivity index (χ1n) is 8.09. The molecule has 2 aromatic rings. The van der Waals surface area contributed by atoms with Gasteiger partial charge in [0.1, 0.15) is 10.7 Å². The lowest BCUT2D eigenvalue weighted by Crippen LogP contribution is -2.27. The minimum atomic E-state index is -3.72. The maximum atomic E-state index is 12.7. The second kappa shape index (κ2) is 7.61. The Morgan fingerprint density at radius 3 is 2.17 bits per heavy atom. The first-order chi connectivity index (χ1) is 11.4. The molecule has 0 unspecified atom stereocenters. The first kappa shape index (κ1) is 18.2. The largest absolute Gasteiger partial charge is 0.382 e. The molecule has 130 valence electrons. The van der Waals surface area contributed by atoms with Crippen molar-refractivity contribution >= 4 is 21.6 Å². The fourth-order valence-electron chi connectivity index (χ4n) is 2.43. The van der Waals surface area contributed by atoms with E-state index in [4.69, 9.17) is 5.73 Å². The molecule has 0 spiro atoms. The summed E-state index contributed by atoms with van der Waals surface area (Å²) in [5.41, 5.74) is 6.94. The van der Waals surface area contributed by atoms with Crippen LogP contribution < -0.4 is 10.6 Å². The minimum absolute atomic E-state index is 0.0159. The topological polar surface area (TPSA) is 89.2 Å². The average molecular weight is 348 g/mol. The number of nitrogens with zero attached hydrogens (tertiary/aromatic N) is 3. The molecule has 0 saturated heterocycles. The number of rotatable bonds is 7. The van der Waals surface area contributed by atoms with Gasteiger partial charge in [-0.05, 0) is 31.9 Å². The van der Waals surface area contributed by atoms with Gasteiger partial charge in [-0.2, -0.15) is 4.98 Å². The van der Waals surface area contributed by atoms with Crippen LogP contribution in [-0.2, 0) is 9.84 Å². The second-order valence-corrected chi connectivity index (χ2v) is 7.64. The van der Waals surface area contributed by atoms with E-state index in [9.17, 15) is 8.42 Å². The zero-order chi connectivity index (χ0) is 17.7. The van der Waals surface area contributed by atoms with Gasteiger partial charge < -0.3 is 10.6 Å². The van der Waals surface area contributed by atoms with Crippen LogP contribution in [0.1, 0.15) is 32.3 Å². The lowest BCUT2D eigenvalue weighted by molar-refractivity contribution is 0.595. The molecular formula is C17H24N4O2S. The highest BCUT2D eigenvalue weighted by Crippen LogP contribution is 2.25. The number of hydrogen-bond acceptors (Lipinski definition) is 6. The second-order valence-electron chi connectivity index (χ2n) is 5.72. The van der Waals surface area contributed by atoms with Crippen molar-refractivity contribution < 1.29 is 8.42 Å². The smallest absolute Gasteiger partial charge is 0.227 e. The van der Waals surface area contributed by atoms with Crippen LogP contribution in [0.15, 0.2) is 40.3 Å². The lowest BCUT2D eigenvalue weighted by Gasteiger charge is -2.21. The molecule has 2 N–H and O–H groups in total. The Hall–Kier alpha value is -2.15. The van der Waals surface area contributed by atoms with Gasteiger partial charge in [0.05, 0.1) is 11.1 Å². The van der Waals surface area contributed by atoms with Crippen LogP contribution in [-0.4, -0.2) is 31.5 Å². The van der Waals surface area contributed by atoms with Crippen molar-refractivity contribution in [1.29, 1.82) is 0 Å². The third-order valence-electron chi connectivity index (χ3n) is 3.66. The van der Waals surface area contributed by atoms with Crippen molar-refractivity contribution in [3.05, 3.63) is 36.0 Å². The molecule has 0 saturated carbocycles. The van der Waals surface area contributed by atoms with Crippen LogP contribution in [0.4, 0.5) is 11.8 Å². The summed E-state index contributed by atoms with van der Waals surface area (Å²) >= 11 is 0. The third kappa shape index (κ3) is 3.84. The summed E-state index contributed by atoms with van der Waals surface area (Å²) in [7, 11) is -3.72. The fraction of sp³-hybridized carbons (Fsp3) is 0.412. The number of aromatic nitrogens is 2. The molecule has 0 aliphatic heterocycles.